The van der Waals surface area contributed by atoms with Gasteiger partial charge in [0.15, 0.2) is 11.5 Å². The van der Waals surface area contributed by atoms with Crippen LogP contribution in [0.3, 0.4) is 0 Å². The average molecular weight is 230 g/mol. The second-order valence-electron chi connectivity index (χ2n) is 4.05. The van der Waals surface area contributed by atoms with Crippen LogP contribution in [-0.4, -0.2) is 18.2 Å². The molecule has 0 N–H and O–H groups in total. The zero-order chi connectivity index (χ0) is 12.4. The van der Waals surface area contributed by atoms with E-state index in [0.717, 1.165) is 12.0 Å². The second kappa shape index (κ2) is 4.53. The molecule has 0 fully saturated rings. The van der Waals surface area contributed by atoms with E-state index in [2.05, 4.69) is 0 Å². The van der Waals surface area contributed by atoms with Crippen molar-refractivity contribution in [1.82, 2.24) is 0 Å². The minimum Gasteiger partial charge on any atom is -0.489 e. The molecule has 0 heterocycles. The Kier molecular flexibility index (Phi) is 3.09. The Balaban J connectivity index is 2.44. The van der Waals surface area contributed by atoms with Crippen molar-refractivity contribution in [2.75, 3.05) is 6.61 Å². The molecule has 1 aliphatic carbocycles. The van der Waals surface area contributed by atoms with E-state index in [1.807, 2.05) is 19.9 Å². The van der Waals surface area contributed by atoms with Gasteiger partial charge in [0, 0.05) is 17.2 Å². The molecule has 3 nitrogen and oxygen atoms in total. The number of carbonyl (C=O) groups excluding carboxylic acids is 2. The van der Waals surface area contributed by atoms with Crippen LogP contribution in [0.1, 0.15) is 39.6 Å². The van der Waals surface area contributed by atoms with Crippen LogP contribution >= 0.6 is 0 Å². The van der Waals surface area contributed by atoms with Crippen LogP contribution in [0.5, 0.6) is 0 Å². The lowest BCUT2D eigenvalue weighted by molar-refractivity contribution is 0.0882. The average Bonchev–Trinajstić information content (AvgIpc) is 2.32. The van der Waals surface area contributed by atoms with E-state index < -0.39 is 0 Å². The van der Waals surface area contributed by atoms with Gasteiger partial charge >= 0.3 is 0 Å². The summed E-state index contributed by atoms with van der Waals surface area (Å²) in [5, 5.41) is 0. The first kappa shape index (κ1) is 11.6. The molecule has 0 spiro atoms. The Hall–Kier alpha value is -1.90. The van der Waals surface area contributed by atoms with Crippen molar-refractivity contribution < 1.29 is 14.3 Å². The van der Waals surface area contributed by atoms with E-state index in [9.17, 15) is 9.59 Å². The van der Waals surface area contributed by atoms with Gasteiger partial charge in [0.05, 0.1) is 6.61 Å². The lowest BCUT2D eigenvalue weighted by atomic mass is 9.90. The number of ketones is 2. The monoisotopic (exact) mass is 230 g/mol. The third-order valence-corrected chi connectivity index (χ3v) is 2.71. The number of allylic oxidation sites excluding steroid dienone is 2. The zero-order valence-corrected chi connectivity index (χ0v) is 9.95. The first-order chi connectivity index (χ1) is 8.15. The van der Waals surface area contributed by atoms with Gasteiger partial charge in [-0.2, -0.15) is 0 Å². The molecule has 0 aromatic heterocycles. The molecular weight excluding hydrogens is 216 g/mol. The minimum absolute atomic E-state index is 0.158. The molecule has 0 bridgehead atoms. The van der Waals surface area contributed by atoms with Crippen molar-refractivity contribution in [2.45, 2.75) is 20.3 Å². The second-order valence-corrected chi connectivity index (χ2v) is 4.05. The number of fused-ring (bicyclic) bond motifs is 1. The lowest BCUT2D eigenvalue weighted by Gasteiger charge is -2.17. The summed E-state index contributed by atoms with van der Waals surface area (Å²) in [6.45, 7) is 4.23. The van der Waals surface area contributed by atoms with Crippen molar-refractivity contribution in [3.05, 3.63) is 46.7 Å². The van der Waals surface area contributed by atoms with Crippen LogP contribution in [0.15, 0.2) is 30.0 Å². The van der Waals surface area contributed by atoms with E-state index in [0.29, 0.717) is 17.7 Å². The largest absolute Gasteiger partial charge is 0.489 e. The molecule has 0 saturated heterocycles. The SMILES string of the molecule is CCCOC1=CC(=O)c2cccc(C)c2C1=O. The Morgan fingerprint density at radius 1 is 1.24 bits per heavy atom. The molecule has 0 aliphatic heterocycles. The summed E-state index contributed by atoms with van der Waals surface area (Å²) in [5.74, 6) is -0.181. The standard InChI is InChI=1S/C14H14O3/c1-3-7-17-12-8-11(15)10-6-4-5-9(2)13(10)14(12)16/h4-6,8H,3,7H2,1-2H3. The molecule has 2 rings (SSSR count). The van der Waals surface area contributed by atoms with Crippen LogP contribution < -0.4 is 0 Å². The van der Waals surface area contributed by atoms with Crippen LogP contribution in [0.25, 0.3) is 0 Å². The third-order valence-electron chi connectivity index (χ3n) is 2.71. The zero-order valence-electron chi connectivity index (χ0n) is 9.95. The number of benzene rings is 1. The lowest BCUT2D eigenvalue weighted by Crippen LogP contribution is -2.20. The fraction of sp³-hybridized carbons (Fsp3) is 0.286. The maximum absolute atomic E-state index is 12.1. The van der Waals surface area contributed by atoms with Gasteiger partial charge in [0.25, 0.3) is 0 Å². The topological polar surface area (TPSA) is 43.4 Å². The van der Waals surface area contributed by atoms with Crippen LogP contribution in [0, 0.1) is 6.92 Å². The van der Waals surface area contributed by atoms with Crippen molar-refractivity contribution in [2.24, 2.45) is 0 Å². The Labute approximate surface area is 100 Å². The quantitative estimate of drug-likeness (QED) is 0.801. The molecule has 1 aromatic rings. The molecule has 3 heteroatoms. The van der Waals surface area contributed by atoms with E-state index >= 15 is 0 Å². The first-order valence-electron chi connectivity index (χ1n) is 5.68. The molecule has 1 aliphatic rings. The first-order valence-corrected chi connectivity index (χ1v) is 5.68. The molecule has 0 radical (unpaired) electrons. The number of hydrogen-bond donors (Lipinski definition) is 0. The molecule has 0 saturated carbocycles. The maximum atomic E-state index is 12.1. The number of carbonyl (C=O) groups is 2. The summed E-state index contributed by atoms with van der Waals surface area (Å²) in [6.07, 6.45) is 2.10. The molecule has 0 amide bonds. The predicted octanol–water partition coefficient (Wildman–Crippen LogP) is 2.68. The smallest absolute Gasteiger partial charge is 0.228 e. The Morgan fingerprint density at radius 2 is 2.00 bits per heavy atom. The highest BCUT2D eigenvalue weighted by atomic mass is 16.5. The number of aryl methyl sites for hydroxylation is 1. The number of hydrogen-bond acceptors (Lipinski definition) is 3. The fourth-order valence-electron chi connectivity index (χ4n) is 1.88. The summed E-state index contributed by atoms with van der Waals surface area (Å²) in [5.41, 5.74) is 1.76. The summed E-state index contributed by atoms with van der Waals surface area (Å²) in [6, 6.07) is 5.29. The highest BCUT2D eigenvalue weighted by molar-refractivity contribution is 6.24. The van der Waals surface area contributed by atoms with Gasteiger partial charge in [0.2, 0.25) is 5.78 Å². The summed E-state index contributed by atoms with van der Waals surface area (Å²) in [7, 11) is 0. The van der Waals surface area contributed by atoms with Gasteiger partial charge < -0.3 is 4.74 Å². The van der Waals surface area contributed by atoms with E-state index in [1.54, 1.807) is 12.1 Å². The van der Waals surface area contributed by atoms with E-state index in [-0.39, 0.29) is 17.3 Å². The van der Waals surface area contributed by atoms with E-state index in [4.69, 9.17) is 4.74 Å². The van der Waals surface area contributed by atoms with Crippen LogP contribution in [0.4, 0.5) is 0 Å². The third kappa shape index (κ3) is 2.00. The Bertz CT molecular complexity index is 512. The van der Waals surface area contributed by atoms with Crippen molar-refractivity contribution >= 4 is 11.6 Å². The number of Topliss-reactive ketones (excluding diaryl/α,β-unsaturated/α-hetero) is 1. The summed E-state index contributed by atoms with van der Waals surface area (Å²) < 4.78 is 5.32. The van der Waals surface area contributed by atoms with Crippen molar-refractivity contribution in [1.29, 1.82) is 0 Å². The number of rotatable bonds is 3. The Morgan fingerprint density at radius 3 is 2.71 bits per heavy atom. The van der Waals surface area contributed by atoms with Gasteiger partial charge in [0.1, 0.15) is 0 Å². The van der Waals surface area contributed by atoms with Gasteiger partial charge in [-0.1, -0.05) is 25.1 Å². The molecule has 1 aromatic carbocycles. The van der Waals surface area contributed by atoms with E-state index in [1.165, 1.54) is 6.08 Å². The minimum atomic E-state index is -0.189. The van der Waals surface area contributed by atoms with Gasteiger partial charge in [-0.05, 0) is 18.9 Å². The van der Waals surface area contributed by atoms with Crippen LogP contribution in [-0.2, 0) is 4.74 Å². The van der Waals surface area contributed by atoms with Gasteiger partial charge in [-0.3, -0.25) is 9.59 Å². The van der Waals surface area contributed by atoms with Crippen LogP contribution in [0.2, 0.25) is 0 Å². The molecule has 88 valence electrons. The highest BCUT2D eigenvalue weighted by Gasteiger charge is 2.27. The maximum Gasteiger partial charge on any atom is 0.228 e. The molecular formula is C14H14O3. The van der Waals surface area contributed by atoms with Crippen molar-refractivity contribution in [3.8, 4) is 0 Å². The van der Waals surface area contributed by atoms with Crippen molar-refractivity contribution in [3.63, 3.8) is 0 Å². The molecule has 0 atom stereocenters. The number of ether oxygens (including phenoxy) is 1. The normalized spacial score (nSPS) is 14.4. The molecule has 0 unspecified atom stereocenters. The molecule has 17 heavy (non-hydrogen) atoms. The summed E-state index contributed by atoms with van der Waals surface area (Å²) in [4.78, 5) is 24.0. The van der Waals surface area contributed by atoms with Gasteiger partial charge in [-0.25, -0.2) is 0 Å². The highest BCUT2D eigenvalue weighted by Crippen LogP contribution is 2.24. The van der Waals surface area contributed by atoms with Gasteiger partial charge in [-0.15, -0.1) is 0 Å². The fourth-order valence-corrected chi connectivity index (χ4v) is 1.88. The summed E-state index contributed by atoms with van der Waals surface area (Å²) >= 11 is 0. The predicted molar refractivity (Wildman–Crippen MR) is 64.2 cm³/mol.